The normalized spacial score (nSPS) is 11.6. The van der Waals surface area contributed by atoms with Crippen LogP contribution >= 0.6 is 23.2 Å². The average Bonchev–Trinajstić information content (AvgIpc) is 2.44. The van der Waals surface area contributed by atoms with Crippen LogP contribution < -0.4 is 16.4 Å². The fraction of sp³-hybridized carbons (Fsp3) is 0.429. The molecule has 116 valence electrons. The van der Waals surface area contributed by atoms with Crippen LogP contribution in [0.1, 0.15) is 24.2 Å². The predicted molar refractivity (Wildman–Crippen MR) is 88.1 cm³/mol. The number of carbonyl (C=O) groups is 1. The van der Waals surface area contributed by atoms with Gasteiger partial charge in [0.25, 0.3) is 5.91 Å². The average molecular weight is 331 g/mol. The van der Waals surface area contributed by atoms with Crippen LogP contribution in [0.15, 0.2) is 23.2 Å². The Morgan fingerprint density at radius 3 is 2.52 bits per heavy atom. The molecule has 0 saturated heterocycles. The molecule has 5 nitrogen and oxygen atoms in total. The number of nitrogens with two attached hydrogens (primary N) is 1. The summed E-state index contributed by atoms with van der Waals surface area (Å²) in [5.41, 5.74) is 6.14. The first kappa shape index (κ1) is 17.6. The molecule has 7 heteroatoms. The van der Waals surface area contributed by atoms with Crippen molar-refractivity contribution < 1.29 is 4.79 Å². The lowest BCUT2D eigenvalue weighted by Gasteiger charge is -2.08. The van der Waals surface area contributed by atoms with Gasteiger partial charge in [-0.2, -0.15) is 0 Å². The first-order chi connectivity index (χ1) is 9.90. The minimum Gasteiger partial charge on any atom is -0.370 e. The number of rotatable bonds is 6. The van der Waals surface area contributed by atoms with Crippen molar-refractivity contribution in [3.05, 3.63) is 33.8 Å². The van der Waals surface area contributed by atoms with E-state index in [0.717, 1.165) is 0 Å². The van der Waals surface area contributed by atoms with Crippen molar-refractivity contribution in [2.45, 2.75) is 13.8 Å². The van der Waals surface area contributed by atoms with Crippen LogP contribution in [0.4, 0.5) is 0 Å². The highest BCUT2D eigenvalue weighted by atomic mass is 35.5. The van der Waals surface area contributed by atoms with Gasteiger partial charge in [-0.25, -0.2) is 0 Å². The summed E-state index contributed by atoms with van der Waals surface area (Å²) in [7, 11) is 0. The van der Waals surface area contributed by atoms with E-state index in [2.05, 4.69) is 29.5 Å². The monoisotopic (exact) mass is 330 g/mol. The second-order valence-corrected chi connectivity index (χ2v) is 5.75. The number of aliphatic imine (C=N–C) groups is 1. The molecule has 0 bridgehead atoms. The molecule has 1 amide bonds. The maximum atomic E-state index is 11.9. The Hall–Kier alpha value is -1.46. The van der Waals surface area contributed by atoms with Crippen molar-refractivity contribution in [1.82, 2.24) is 10.6 Å². The molecule has 0 radical (unpaired) electrons. The number of guanidine groups is 1. The van der Waals surface area contributed by atoms with Gasteiger partial charge in [-0.15, -0.1) is 0 Å². The van der Waals surface area contributed by atoms with Gasteiger partial charge in [0.2, 0.25) is 0 Å². The zero-order valence-corrected chi connectivity index (χ0v) is 13.6. The minimum absolute atomic E-state index is 0.215. The number of amides is 1. The third-order valence-corrected chi connectivity index (χ3v) is 3.26. The molecule has 1 rings (SSSR count). The number of nitrogens with zero attached hydrogens (tertiary/aromatic N) is 1. The van der Waals surface area contributed by atoms with E-state index in [-0.39, 0.29) is 5.91 Å². The van der Waals surface area contributed by atoms with Crippen LogP contribution in [0.5, 0.6) is 0 Å². The van der Waals surface area contributed by atoms with Gasteiger partial charge in [0, 0.05) is 25.2 Å². The Bertz CT molecular complexity index is 518. The molecule has 0 unspecified atom stereocenters. The van der Waals surface area contributed by atoms with Gasteiger partial charge in [-0.1, -0.05) is 37.0 Å². The van der Waals surface area contributed by atoms with Gasteiger partial charge in [0.15, 0.2) is 5.96 Å². The molecule has 1 aromatic carbocycles. The molecule has 0 spiro atoms. The van der Waals surface area contributed by atoms with E-state index in [1.54, 1.807) is 12.1 Å². The Labute approximate surface area is 134 Å². The molecule has 1 aromatic rings. The number of hydrogen-bond acceptors (Lipinski definition) is 2. The van der Waals surface area contributed by atoms with Crippen molar-refractivity contribution in [3.63, 3.8) is 0 Å². The van der Waals surface area contributed by atoms with Gasteiger partial charge in [-0.3, -0.25) is 9.79 Å². The van der Waals surface area contributed by atoms with E-state index >= 15 is 0 Å². The molecule has 0 aromatic heterocycles. The zero-order valence-electron chi connectivity index (χ0n) is 12.1. The quantitative estimate of drug-likeness (QED) is 0.425. The predicted octanol–water partition coefficient (Wildman–Crippen LogP) is 2.28. The second-order valence-electron chi connectivity index (χ2n) is 4.93. The first-order valence-corrected chi connectivity index (χ1v) is 7.42. The van der Waals surface area contributed by atoms with Gasteiger partial charge in [0.1, 0.15) is 0 Å². The van der Waals surface area contributed by atoms with Gasteiger partial charge >= 0.3 is 0 Å². The fourth-order valence-electron chi connectivity index (χ4n) is 1.44. The summed E-state index contributed by atoms with van der Waals surface area (Å²) < 4.78 is 0. The number of nitrogens with one attached hydrogen (secondary N) is 2. The zero-order chi connectivity index (χ0) is 15.8. The lowest BCUT2D eigenvalue weighted by atomic mass is 10.2. The molecule has 21 heavy (non-hydrogen) atoms. The Morgan fingerprint density at radius 1 is 1.24 bits per heavy atom. The third kappa shape index (κ3) is 6.69. The number of benzene rings is 1. The smallest absolute Gasteiger partial charge is 0.251 e. The Balaban J connectivity index is 2.33. The summed E-state index contributed by atoms with van der Waals surface area (Å²) in [5.74, 6) is 0.625. The van der Waals surface area contributed by atoms with Gasteiger partial charge in [-0.05, 0) is 24.1 Å². The summed E-state index contributed by atoms with van der Waals surface area (Å²) in [4.78, 5) is 16.0. The number of hydrogen-bond donors (Lipinski definition) is 3. The molecular formula is C14H20Cl2N4O. The van der Waals surface area contributed by atoms with E-state index in [0.29, 0.717) is 47.1 Å². The SMILES string of the molecule is CC(C)CN=C(N)NCCNC(=O)c1ccc(Cl)c(Cl)c1. The van der Waals surface area contributed by atoms with Crippen LogP contribution in [-0.2, 0) is 0 Å². The highest BCUT2D eigenvalue weighted by Gasteiger charge is 2.07. The number of halogens is 2. The van der Waals surface area contributed by atoms with Crippen LogP contribution in [0.2, 0.25) is 10.0 Å². The van der Waals surface area contributed by atoms with E-state index < -0.39 is 0 Å². The maximum absolute atomic E-state index is 11.9. The highest BCUT2D eigenvalue weighted by Crippen LogP contribution is 2.22. The van der Waals surface area contributed by atoms with E-state index in [1.165, 1.54) is 6.07 Å². The summed E-state index contributed by atoms with van der Waals surface area (Å²) >= 11 is 11.7. The summed E-state index contributed by atoms with van der Waals surface area (Å²) in [6.07, 6.45) is 0. The largest absolute Gasteiger partial charge is 0.370 e. The van der Waals surface area contributed by atoms with Gasteiger partial charge < -0.3 is 16.4 Å². The van der Waals surface area contributed by atoms with Crippen molar-refractivity contribution >= 4 is 35.1 Å². The molecular weight excluding hydrogens is 311 g/mol. The van der Waals surface area contributed by atoms with E-state index in [1.807, 2.05) is 0 Å². The Kier molecular flexibility index (Phi) is 7.32. The first-order valence-electron chi connectivity index (χ1n) is 6.67. The van der Waals surface area contributed by atoms with E-state index in [4.69, 9.17) is 28.9 Å². The highest BCUT2D eigenvalue weighted by molar-refractivity contribution is 6.42. The van der Waals surface area contributed by atoms with Crippen molar-refractivity contribution in [1.29, 1.82) is 0 Å². The fourth-order valence-corrected chi connectivity index (χ4v) is 1.74. The summed E-state index contributed by atoms with van der Waals surface area (Å²) in [5, 5.41) is 6.46. The molecule has 0 aliphatic rings. The van der Waals surface area contributed by atoms with Crippen LogP contribution in [-0.4, -0.2) is 31.5 Å². The molecule has 0 aliphatic carbocycles. The van der Waals surface area contributed by atoms with E-state index in [9.17, 15) is 4.79 Å². The second kappa shape index (κ2) is 8.74. The van der Waals surface area contributed by atoms with Crippen LogP contribution in [0.25, 0.3) is 0 Å². The number of carbonyl (C=O) groups excluding carboxylic acids is 1. The standard InChI is InChI=1S/C14H20Cl2N4O/c1-9(2)8-20-14(17)19-6-5-18-13(21)10-3-4-11(15)12(16)7-10/h3-4,7,9H,5-6,8H2,1-2H3,(H,18,21)(H3,17,19,20). The lowest BCUT2D eigenvalue weighted by Crippen LogP contribution is -2.38. The molecule has 0 saturated carbocycles. The Morgan fingerprint density at radius 2 is 1.90 bits per heavy atom. The van der Waals surface area contributed by atoms with Crippen LogP contribution in [0, 0.1) is 5.92 Å². The summed E-state index contributed by atoms with van der Waals surface area (Å²) in [6, 6.07) is 4.74. The lowest BCUT2D eigenvalue weighted by molar-refractivity contribution is 0.0954. The maximum Gasteiger partial charge on any atom is 0.251 e. The molecule has 0 heterocycles. The van der Waals surface area contributed by atoms with Crippen molar-refractivity contribution in [2.24, 2.45) is 16.6 Å². The summed E-state index contributed by atoms with van der Waals surface area (Å²) in [6.45, 7) is 5.73. The third-order valence-electron chi connectivity index (χ3n) is 2.53. The van der Waals surface area contributed by atoms with Crippen molar-refractivity contribution in [3.8, 4) is 0 Å². The van der Waals surface area contributed by atoms with Crippen LogP contribution in [0.3, 0.4) is 0 Å². The van der Waals surface area contributed by atoms with Crippen molar-refractivity contribution in [2.75, 3.05) is 19.6 Å². The minimum atomic E-state index is -0.215. The topological polar surface area (TPSA) is 79.5 Å². The van der Waals surface area contributed by atoms with Gasteiger partial charge in [0.05, 0.1) is 10.0 Å². The molecule has 0 atom stereocenters. The molecule has 4 N–H and O–H groups in total. The molecule has 0 fully saturated rings. The molecule has 0 aliphatic heterocycles.